The van der Waals surface area contributed by atoms with E-state index >= 15 is 0 Å². The van der Waals surface area contributed by atoms with E-state index in [4.69, 9.17) is 0 Å². The van der Waals surface area contributed by atoms with Crippen LogP contribution in [0.25, 0.3) is 5.76 Å². The Bertz CT molecular complexity index is 504. The molecule has 0 bridgehead atoms. The summed E-state index contributed by atoms with van der Waals surface area (Å²) in [5, 5.41) is 13.0. The molecule has 0 aliphatic rings. The largest absolute Gasteiger partial charge is 0.506 e. The molecule has 2 N–H and O–H groups in total. The van der Waals surface area contributed by atoms with Crippen molar-refractivity contribution in [3.8, 4) is 0 Å². The average Bonchev–Trinajstić information content (AvgIpc) is 2.46. The number of benzene rings is 1. The Labute approximate surface area is 110 Å². The van der Waals surface area contributed by atoms with Crippen molar-refractivity contribution in [2.75, 3.05) is 26.6 Å². The zero-order valence-corrected chi connectivity index (χ0v) is 10.9. The van der Waals surface area contributed by atoms with Gasteiger partial charge in [0.2, 0.25) is 0 Å². The summed E-state index contributed by atoms with van der Waals surface area (Å²) in [5.74, 6) is -2.42. The number of carbonyl (C=O) groups excluding carboxylic acids is 2. The predicted molar refractivity (Wildman–Crippen MR) is 69.6 cm³/mol. The third kappa shape index (κ3) is 3.04. The van der Waals surface area contributed by atoms with Crippen molar-refractivity contribution in [3.05, 3.63) is 35.4 Å². The minimum Gasteiger partial charge on any atom is -0.506 e. The van der Waals surface area contributed by atoms with Gasteiger partial charge in [-0.2, -0.15) is 0 Å². The number of hydrogen-bond acceptors (Lipinski definition) is 6. The summed E-state index contributed by atoms with van der Waals surface area (Å²) >= 11 is 0. The molecule has 0 spiro atoms. The molecule has 0 aliphatic heterocycles. The first-order valence-corrected chi connectivity index (χ1v) is 5.43. The molecule has 6 heteroatoms. The molecule has 1 rings (SSSR count). The lowest BCUT2D eigenvalue weighted by Gasteiger charge is -2.11. The normalized spacial score (nSPS) is 9.42. The first-order chi connectivity index (χ1) is 9.06. The molecule has 0 radical (unpaired) electrons. The zero-order chi connectivity index (χ0) is 14.4. The van der Waals surface area contributed by atoms with Crippen molar-refractivity contribution in [2.24, 2.45) is 0 Å². The van der Waals surface area contributed by atoms with Crippen LogP contribution in [0.4, 0.5) is 5.69 Å². The highest BCUT2D eigenvalue weighted by Crippen LogP contribution is 2.25. The minimum atomic E-state index is -0.963. The standard InChI is InChI=1S/C13H15NO5/c1-14-9-7-5-4-6-8(9)11(15)10(12(16)18-2)13(17)19-3/h4-7,14-15H,1-3H3. The van der Waals surface area contributed by atoms with Crippen LogP contribution in [0.15, 0.2) is 29.8 Å². The number of methoxy groups -OCH3 is 2. The van der Waals surface area contributed by atoms with Crippen LogP contribution in [0.5, 0.6) is 0 Å². The zero-order valence-electron chi connectivity index (χ0n) is 10.9. The summed E-state index contributed by atoms with van der Waals surface area (Å²) < 4.78 is 8.95. The van der Waals surface area contributed by atoms with E-state index in [0.29, 0.717) is 11.3 Å². The van der Waals surface area contributed by atoms with E-state index in [1.54, 1.807) is 31.3 Å². The Morgan fingerprint density at radius 2 is 1.63 bits per heavy atom. The molecule has 0 saturated carbocycles. The Morgan fingerprint density at radius 3 is 2.11 bits per heavy atom. The number of ether oxygens (including phenoxy) is 2. The van der Waals surface area contributed by atoms with E-state index in [-0.39, 0.29) is 0 Å². The first kappa shape index (κ1) is 14.6. The number of esters is 2. The fraction of sp³-hybridized carbons (Fsp3) is 0.231. The van der Waals surface area contributed by atoms with Crippen LogP contribution in [0, 0.1) is 0 Å². The Morgan fingerprint density at radius 1 is 1.11 bits per heavy atom. The van der Waals surface area contributed by atoms with Gasteiger partial charge in [-0.3, -0.25) is 0 Å². The first-order valence-electron chi connectivity index (χ1n) is 5.43. The molecule has 6 nitrogen and oxygen atoms in total. The van der Waals surface area contributed by atoms with Gasteiger partial charge in [-0.15, -0.1) is 0 Å². The maximum atomic E-state index is 11.6. The Balaban J connectivity index is 3.44. The van der Waals surface area contributed by atoms with Crippen molar-refractivity contribution in [1.29, 1.82) is 0 Å². The van der Waals surface area contributed by atoms with Crippen LogP contribution >= 0.6 is 0 Å². The number of nitrogens with one attached hydrogen (secondary N) is 1. The highest BCUT2D eigenvalue weighted by Gasteiger charge is 2.26. The number of carbonyl (C=O) groups is 2. The maximum absolute atomic E-state index is 11.6. The molecule has 0 heterocycles. The van der Waals surface area contributed by atoms with Gasteiger partial charge in [0.1, 0.15) is 5.76 Å². The fourth-order valence-electron chi connectivity index (χ4n) is 1.52. The molecule has 0 saturated heterocycles. The summed E-state index contributed by atoms with van der Waals surface area (Å²) in [4.78, 5) is 23.1. The summed E-state index contributed by atoms with van der Waals surface area (Å²) in [6.45, 7) is 0. The second-order valence-corrected chi connectivity index (χ2v) is 3.50. The highest BCUT2D eigenvalue weighted by molar-refractivity contribution is 6.19. The number of anilines is 1. The monoisotopic (exact) mass is 265 g/mol. The van der Waals surface area contributed by atoms with Gasteiger partial charge in [-0.05, 0) is 12.1 Å². The molecule has 1 aromatic carbocycles. The van der Waals surface area contributed by atoms with Crippen LogP contribution in [-0.2, 0) is 19.1 Å². The van der Waals surface area contributed by atoms with Crippen LogP contribution in [0.1, 0.15) is 5.56 Å². The van der Waals surface area contributed by atoms with E-state index < -0.39 is 23.3 Å². The van der Waals surface area contributed by atoms with Gasteiger partial charge in [0.25, 0.3) is 0 Å². The van der Waals surface area contributed by atoms with Gasteiger partial charge in [0.05, 0.1) is 14.2 Å². The molecule has 102 valence electrons. The van der Waals surface area contributed by atoms with Crippen molar-refractivity contribution in [1.82, 2.24) is 0 Å². The summed E-state index contributed by atoms with van der Waals surface area (Å²) in [6, 6.07) is 6.67. The Hall–Kier alpha value is -2.50. The summed E-state index contributed by atoms with van der Waals surface area (Å²) in [6.07, 6.45) is 0. The smallest absolute Gasteiger partial charge is 0.349 e. The lowest BCUT2D eigenvalue weighted by molar-refractivity contribution is -0.144. The number of para-hydroxylation sites is 1. The van der Waals surface area contributed by atoms with Crippen LogP contribution in [-0.4, -0.2) is 38.3 Å². The van der Waals surface area contributed by atoms with Crippen molar-refractivity contribution in [3.63, 3.8) is 0 Å². The van der Waals surface area contributed by atoms with E-state index in [9.17, 15) is 14.7 Å². The SMILES string of the molecule is CNc1ccccc1C(O)=C(C(=O)OC)C(=O)OC. The number of rotatable bonds is 4. The lowest BCUT2D eigenvalue weighted by atomic mass is 10.1. The molecule has 1 aromatic rings. The van der Waals surface area contributed by atoms with Crippen LogP contribution in [0.2, 0.25) is 0 Å². The Kier molecular flexibility index (Phi) is 4.93. The molecular formula is C13H15NO5. The van der Waals surface area contributed by atoms with E-state index in [1.165, 1.54) is 0 Å². The van der Waals surface area contributed by atoms with Gasteiger partial charge in [-0.1, -0.05) is 12.1 Å². The predicted octanol–water partition coefficient (Wildman–Crippen LogP) is 1.34. The van der Waals surface area contributed by atoms with E-state index in [2.05, 4.69) is 14.8 Å². The van der Waals surface area contributed by atoms with Gasteiger partial charge in [0, 0.05) is 18.3 Å². The molecule has 0 fully saturated rings. The fourth-order valence-corrected chi connectivity index (χ4v) is 1.52. The topological polar surface area (TPSA) is 84.9 Å². The number of hydrogen-bond donors (Lipinski definition) is 2. The molecule has 0 atom stereocenters. The van der Waals surface area contributed by atoms with Gasteiger partial charge in [-0.25, -0.2) is 9.59 Å². The molecule has 0 aromatic heterocycles. The van der Waals surface area contributed by atoms with Gasteiger partial charge in [0.15, 0.2) is 5.57 Å². The third-order valence-corrected chi connectivity index (χ3v) is 2.47. The quantitative estimate of drug-likeness (QED) is 0.281. The lowest BCUT2D eigenvalue weighted by Crippen LogP contribution is -2.18. The minimum absolute atomic E-state index is 0.302. The van der Waals surface area contributed by atoms with E-state index in [0.717, 1.165) is 14.2 Å². The molecule has 0 unspecified atom stereocenters. The molecule has 19 heavy (non-hydrogen) atoms. The maximum Gasteiger partial charge on any atom is 0.349 e. The van der Waals surface area contributed by atoms with Gasteiger partial charge < -0.3 is 19.9 Å². The summed E-state index contributed by atoms with van der Waals surface area (Å²) in [7, 11) is 3.88. The third-order valence-electron chi connectivity index (χ3n) is 2.47. The number of aliphatic hydroxyl groups excluding tert-OH is 1. The molecule has 0 amide bonds. The molecular weight excluding hydrogens is 250 g/mol. The van der Waals surface area contributed by atoms with Crippen molar-refractivity contribution in [2.45, 2.75) is 0 Å². The van der Waals surface area contributed by atoms with Crippen LogP contribution < -0.4 is 5.32 Å². The second kappa shape index (κ2) is 6.44. The van der Waals surface area contributed by atoms with E-state index in [1.807, 2.05) is 0 Å². The highest BCUT2D eigenvalue weighted by atomic mass is 16.5. The van der Waals surface area contributed by atoms with Crippen molar-refractivity contribution < 1.29 is 24.2 Å². The number of aliphatic hydroxyl groups is 1. The summed E-state index contributed by atoms with van der Waals surface area (Å²) in [5.41, 5.74) is 0.314. The molecule has 0 aliphatic carbocycles. The van der Waals surface area contributed by atoms with Crippen molar-refractivity contribution >= 4 is 23.4 Å². The van der Waals surface area contributed by atoms with Crippen LogP contribution in [0.3, 0.4) is 0 Å². The second-order valence-electron chi connectivity index (χ2n) is 3.50. The van der Waals surface area contributed by atoms with Gasteiger partial charge >= 0.3 is 11.9 Å². The average molecular weight is 265 g/mol.